The van der Waals surface area contributed by atoms with Gasteiger partial charge in [0, 0.05) is 25.7 Å². The molecule has 2 atom stereocenters. The van der Waals surface area contributed by atoms with Crippen LogP contribution in [0.4, 0.5) is 4.79 Å². The second-order valence-electron chi connectivity index (χ2n) is 8.72. The number of carboxylic acid groups (broad SMARTS) is 1. The zero-order valence-electron chi connectivity index (χ0n) is 18.6. The summed E-state index contributed by atoms with van der Waals surface area (Å²) in [5, 5.41) is 17.6. The van der Waals surface area contributed by atoms with E-state index in [1.807, 2.05) is 24.3 Å². The van der Waals surface area contributed by atoms with Crippen LogP contribution in [0.5, 0.6) is 5.75 Å². The molecule has 172 valence electrons. The average Bonchev–Trinajstić information content (AvgIpc) is 3.11. The van der Waals surface area contributed by atoms with Crippen LogP contribution in [0.3, 0.4) is 0 Å². The van der Waals surface area contributed by atoms with Crippen LogP contribution < -0.4 is 4.74 Å². The Morgan fingerprint density at radius 1 is 1.16 bits per heavy atom. The Kier molecular flexibility index (Phi) is 6.62. The number of aromatic nitrogens is 3. The molecule has 2 aliphatic rings. The molecule has 9 nitrogen and oxygen atoms in total. The normalized spacial score (nSPS) is 20.9. The molecule has 1 heterocycles. The Morgan fingerprint density at radius 3 is 2.53 bits per heavy atom. The zero-order chi connectivity index (χ0) is 22.7. The van der Waals surface area contributed by atoms with E-state index in [9.17, 15) is 14.7 Å². The number of benzene rings is 1. The van der Waals surface area contributed by atoms with E-state index in [1.165, 1.54) is 0 Å². The van der Waals surface area contributed by atoms with Crippen molar-refractivity contribution in [3.63, 3.8) is 0 Å². The number of nitrogens with zero attached hydrogens (tertiary/aromatic N) is 4. The number of carboxylic acids is 1. The number of aryl methyl sites for hydroxylation is 1. The molecule has 1 N–H and O–H groups in total. The fourth-order valence-electron chi connectivity index (χ4n) is 4.28. The summed E-state index contributed by atoms with van der Waals surface area (Å²) in [6.45, 7) is 0.0889. The maximum Gasteiger partial charge on any atom is 0.410 e. The molecule has 0 radical (unpaired) electrons. The topological polar surface area (TPSA) is 107 Å². The highest BCUT2D eigenvalue weighted by atomic mass is 16.6. The van der Waals surface area contributed by atoms with Crippen molar-refractivity contribution in [1.82, 2.24) is 19.9 Å². The highest BCUT2D eigenvalue weighted by Crippen LogP contribution is 2.30. The van der Waals surface area contributed by atoms with Crippen molar-refractivity contribution in [2.45, 2.75) is 63.7 Å². The molecule has 2 aromatic rings. The third-order valence-corrected chi connectivity index (χ3v) is 6.59. The molecule has 0 aliphatic heterocycles. The summed E-state index contributed by atoms with van der Waals surface area (Å²) in [5.74, 6) is -0.381. The van der Waals surface area contributed by atoms with Crippen LogP contribution in [-0.4, -0.2) is 56.3 Å². The summed E-state index contributed by atoms with van der Waals surface area (Å²) in [6.07, 6.45) is 5.74. The maximum absolute atomic E-state index is 12.3. The van der Waals surface area contributed by atoms with E-state index >= 15 is 0 Å². The fourth-order valence-corrected chi connectivity index (χ4v) is 4.28. The summed E-state index contributed by atoms with van der Waals surface area (Å²) in [6, 6.07) is 7.77. The van der Waals surface area contributed by atoms with Gasteiger partial charge in [0.05, 0.1) is 12.0 Å². The molecule has 1 aromatic carbocycles. The van der Waals surface area contributed by atoms with E-state index in [2.05, 4.69) is 10.3 Å². The SMILES string of the molecule is CN(C(=O)OCc1c(-c2ccc(O[C@H]3CCC[C@H](C(=O)O)C3)cc2)nnn1C)C1CCC1. The first-order chi connectivity index (χ1) is 15.4. The molecule has 4 rings (SSSR count). The van der Waals surface area contributed by atoms with Crippen molar-refractivity contribution in [1.29, 1.82) is 0 Å². The van der Waals surface area contributed by atoms with Gasteiger partial charge in [-0.1, -0.05) is 5.21 Å². The van der Waals surface area contributed by atoms with Crippen molar-refractivity contribution in [3.05, 3.63) is 30.0 Å². The molecule has 0 saturated heterocycles. The van der Waals surface area contributed by atoms with Crippen molar-refractivity contribution in [2.75, 3.05) is 7.05 Å². The third kappa shape index (κ3) is 4.87. The van der Waals surface area contributed by atoms with E-state index in [1.54, 1.807) is 23.7 Å². The highest BCUT2D eigenvalue weighted by Gasteiger charge is 2.29. The average molecular weight is 443 g/mol. The van der Waals surface area contributed by atoms with Crippen molar-refractivity contribution >= 4 is 12.1 Å². The first-order valence-electron chi connectivity index (χ1n) is 11.2. The Labute approximate surface area is 187 Å². The van der Waals surface area contributed by atoms with Gasteiger partial charge in [0.2, 0.25) is 0 Å². The van der Waals surface area contributed by atoms with Gasteiger partial charge in [0.15, 0.2) is 0 Å². The molecule has 0 bridgehead atoms. The first kappa shape index (κ1) is 22.1. The van der Waals surface area contributed by atoms with Gasteiger partial charge in [0.1, 0.15) is 23.7 Å². The largest absolute Gasteiger partial charge is 0.490 e. The number of carbonyl (C=O) groups is 2. The highest BCUT2D eigenvalue weighted by molar-refractivity contribution is 5.70. The number of carbonyl (C=O) groups excluding carboxylic acids is 1. The van der Waals surface area contributed by atoms with Crippen LogP contribution in [0.1, 0.15) is 50.6 Å². The van der Waals surface area contributed by atoms with Gasteiger partial charge in [-0.05, 0) is 69.2 Å². The first-order valence-corrected chi connectivity index (χ1v) is 11.2. The summed E-state index contributed by atoms with van der Waals surface area (Å²) in [4.78, 5) is 25.3. The van der Waals surface area contributed by atoms with E-state index in [0.29, 0.717) is 30.0 Å². The van der Waals surface area contributed by atoms with Gasteiger partial charge in [-0.2, -0.15) is 0 Å². The van der Waals surface area contributed by atoms with Gasteiger partial charge >= 0.3 is 12.1 Å². The lowest BCUT2D eigenvalue weighted by Crippen LogP contribution is -2.41. The van der Waals surface area contributed by atoms with Crippen molar-refractivity contribution in [3.8, 4) is 17.0 Å². The fraction of sp³-hybridized carbons (Fsp3) is 0.565. The maximum atomic E-state index is 12.3. The van der Waals surface area contributed by atoms with Crippen molar-refractivity contribution in [2.24, 2.45) is 13.0 Å². The lowest BCUT2D eigenvalue weighted by molar-refractivity contribution is -0.143. The molecular weight excluding hydrogens is 412 g/mol. The predicted molar refractivity (Wildman–Crippen MR) is 116 cm³/mol. The van der Waals surface area contributed by atoms with Gasteiger partial charge in [-0.3, -0.25) is 4.79 Å². The number of amides is 1. The van der Waals surface area contributed by atoms with Gasteiger partial charge in [-0.25, -0.2) is 9.48 Å². The van der Waals surface area contributed by atoms with Crippen LogP contribution in [0.25, 0.3) is 11.3 Å². The number of hydrogen-bond donors (Lipinski definition) is 1. The van der Waals surface area contributed by atoms with Gasteiger partial charge in [-0.15, -0.1) is 5.10 Å². The summed E-state index contributed by atoms with van der Waals surface area (Å²) in [5.41, 5.74) is 2.21. The van der Waals surface area contributed by atoms with Gasteiger partial charge in [0.25, 0.3) is 0 Å². The lowest BCUT2D eigenvalue weighted by Gasteiger charge is -2.33. The molecule has 2 aliphatic carbocycles. The minimum absolute atomic E-state index is 0.0881. The number of aliphatic carboxylic acids is 1. The second kappa shape index (κ2) is 9.58. The molecule has 2 fully saturated rings. The van der Waals surface area contributed by atoms with Crippen LogP contribution in [0.15, 0.2) is 24.3 Å². The van der Waals surface area contributed by atoms with Crippen LogP contribution >= 0.6 is 0 Å². The van der Waals surface area contributed by atoms with Crippen LogP contribution in [-0.2, 0) is 23.2 Å². The molecular formula is C23H30N4O5. The van der Waals surface area contributed by atoms with E-state index in [-0.39, 0.29) is 30.8 Å². The second-order valence-corrected chi connectivity index (χ2v) is 8.72. The number of hydrogen-bond acceptors (Lipinski definition) is 6. The lowest BCUT2D eigenvalue weighted by atomic mass is 9.87. The van der Waals surface area contributed by atoms with Gasteiger partial charge < -0.3 is 19.5 Å². The molecule has 0 unspecified atom stereocenters. The monoisotopic (exact) mass is 442 g/mol. The summed E-state index contributed by atoms with van der Waals surface area (Å²) >= 11 is 0. The van der Waals surface area contributed by atoms with E-state index < -0.39 is 5.97 Å². The third-order valence-electron chi connectivity index (χ3n) is 6.59. The number of ether oxygens (including phenoxy) is 2. The van der Waals surface area contributed by atoms with E-state index in [0.717, 1.165) is 37.7 Å². The Morgan fingerprint density at radius 2 is 1.88 bits per heavy atom. The molecule has 0 spiro atoms. The smallest absolute Gasteiger partial charge is 0.410 e. The molecule has 1 amide bonds. The number of rotatable bonds is 7. The summed E-state index contributed by atoms with van der Waals surface area (Å²) in [7, 11) is 3.55. The Balaban J connectivity index is 1.39. The molecule has 32 heavy (non-hydrogen) atoms. The quantitative estimate of drug-likeness (QED) is 0.698. The minimum Gasteiger partial charge on any atom is -0.490 e. The summed E-state index contributed by atoms with van der Waals surface area (Å²) < 4.78 is 13.2. The van der Waals surface area contributed by atoms with Crippen LogP contribution in [0, 0.1) is 5.92 Å². The molecule has 2 saturated carbocycles. The standard InChI is InChI=1S/C23H30N4O5/c1-26(17-6-4-7-17)23(30)31-14-20-21(24-25-27(20)2)15-9-11-18(12-10-15)32-19-8-3-5-16(13-19)22(28)29/h9-12,16-17,19H,3-8,13-14H2,1-2H3,(H,28,29)/t16-,19-/m0/s1. The molecule has 9 heteroatoms. The van der Waals surface area contributed by atoms with E-state index in [4.69, 9.17) is 9.47 Å². The van der Waals surface area contributed by atoms with Crippen molar-refractivity contribution < 1.29 is 24.2 Å². The zero-order valence-corrected chi connectivity index (χ0v) is 18.6. The molecule has 1 aromatic heterocycles. The van der Waals surface area contributed by atoms with Crippen LogP contribution in [0.2, 0.25) is 0 Å². The Hall–Kier alpha value is -3.10. The predicted octanol–water partition coefficient (Wildman–Crippen LogP) is 3.63. The Bertz CT molecular complexity index is 954. The minimum atomic E-state index is -0.747.